The van der Waals surface area contributed by atoms with Gasteiger partial charge in [0.2, 0.25) is 0 Å². The number of fused-ring (bicyclic) bond motifs is 1. The van der Waals surface area contributed by atoms with E-state index < -0.39 is 5.97 Å². The van der Waals surface area contributed by atoms with Crippen LogP contribution < -0.4 is 4.90 Å². The Morgan fingerprint density at radius 1 is 1.42 bits per heavy atom. The molecular weight excluding hydrogens is 244 g/mol. The van der Waals surface area contributed by atoms with E-state index in [0.717, 1.165) is 0 Å². The van der Waals surface area contributed by atoms with Crippen molar-refractivity contribution in [2.75, 3.05) is 18.6 Å². The lowest BCUT2D eigenvalue weighted by molar-refractivity contribution is 0.0699. The highest BCUT2D eigenvalue weighted by Crippen LogP contribution is 2.23. The highest BCUT2D eigenvalue weighted by atomic mass is 16.4. The summed E-state index contributed by atoms with van der Waals surface area (Å²) < 4.78 is 0. The summed E-state index contributed by atoms with van der Waals surface area (Å²) in [6.07, 6.45) is 0. The third kappa shape index (κ3) is 2.51. The van der Waals surface area contributed by atoms with Crippen molar-refractivity contribution < 1.29 is 15.0 Å². The lowest BCUT2D eigenvalue weighted by atomic mass is 10.1. The molecule has 0 saturated carbocycles. The van der Waals surface area contributed by atoms with Crippen LogP contribution in [-0.2, 0) is 0 Å². The number of anilines is 1. The predicted molar refractivity (Wildman–Crippen MR) is 73.7 cm³/mol. The maximum absolute atomic E-state index is 11.3. The zero-order valence-corrected chi connectivity index (χ0v) is 10.9. The second-order valence-electron chi connectivity index (χ2n) is 4.49. The van der Waals surface area contributed by atoms with Crippen LogP contribution in [0.15, 0.2) is 30.3 Å². The Hall–Kier alpha value is -2.14. The lowest BCUT2D eigenvalue weighted by Crippen LogP contribution is -2.32. The highest BCUT2D eigenvalue weighted by Gasteiger charge is 2.16. The van der Waals surface area contributed by atoms with Crippen molar-refractivity contribution in [1.29, 1.82) is 0 Å². The van der Waals surface area contributed by atoms with Crippen molar-refractivity contribution in [3.05, 3.63) is 35.9 Å². The molecule has 1 aromatic carbocycles. The maximum atomic E-state index is 11.3. The maximum Gasteiger partial charge on any atom is 0.336 e. The molecule has 0 spiro atoms. The number of rotatable bonds is 4. The van der Waals surface area contributed by atoms with E-state index in [9.17, 15) is 15.0 Å². The average molecular weight is 260 g/mol. The predicted octanol–water partition coefficient (Wildman–Crippen LogP) is 1.75. The van der Waals surface area contributed by atoms with Crippen LogP contribution in [0.1, 0.15) is 17.3 Å². The Labute approximate surface area is 111 Å². The molecule has 0 bridgehead atoms. The Bertz CT molecular complexity index is 613. The van der Waals surface area contributed by atoms with Gasteiger partial charge in [-0.2, -0.15) is 0 Å². The number of aliphatic hydroxyl groups is 1. The standard InChI is InChI=1S/C14H16N2O3/c1-9(8-17)16(2)13-7-11(14(18)19)10-5-3-4-6-12(10)15-13/h3-7,9,17H,8H2,1-2H3,(H,18,19). The highest BCUT2D eigenvalue weighted by molar-refractivity contribution is 6.03. The second-order valence-corrected chi connectivity index (χ2v) is 4.49. The third-order valence-corrected chi connectivity index (χ3v) is 3.22. The fraction of sp³-hybridized carbons (Fsp3) is 0.286. The normalized spacial score (nSPS) is 12.4. The van der Waals surface area contributed by atoms with Gasteiger partial charge in [-0.15, -0.1) is 0 Å². The molecule has 19 heavy (non-hydrogen) atoms. The molecule has 0 amide bonds. The fourth-order valence-corrected chi connectivity index (χ4v) is 1.87. The van der Waals surface area contributed by atoms with Gasteiger partial charge in [0.15, 0.2) is 0 Å². The summed E-state index contributed by atoms with van der Waals surface area (Å²) in [4.78, 5) is 17.5. The van der Waals surface area contributed by atoms with E-state index in [0.29, 0.717) is 16.7 Å². The molecule has 5 heteroatoms. The lowest BCUT2D eigenvalue weighted by Gasteiger charge is -2.24. The molecule has 5 nitrogen and oxygen atoms in total. The monoisotopic (exact) mass is 260 g/mol. The van der Waals surface area contributed by atoms with Gasteiger partial charge in [-0.1, -0.05) is 18.2 Å². The minimum atomic E-state index is -0.982. The van der Waals surface area contributed by atoms with Crippen molar-refractivity contribution in [2.24, 2.45) is 0 Å². The third-order valence-electron chi connectivity index (χ3n) is 3.22. The molecule has 1 heterocycles. The van der Waals surface area contributed by atoms with Gasteiger partial charge in [0.1, 0.15) is 5.82 Å². The molecule has 2 aromatic rings. The first-order valence-corrected chi connectivity index (χ1v) is 6.01. The Balaban J connectivity index is 2.61. The summed E-state index contributed by atoms with van der Waals surface area (Å²) in [5.74, 6) is -0.442. The van der Waals surface area contributed by atoms with E-state index in [1.807, 2.05) is 13.0 Å². The van der Waals surface area contributed by atoms with Crippen LogP contribution in [0.4, 0.5) is 5.82 Å². The molecule has 2 N–H and O–H groups in total. The molecule has 0 saturated heterocycles. The number of hydrogen-bond donors (Lipinski definition) is 2. The first-order chi connectivity index (χ1) is 9.04. The number of para-hydroxylation sites is 1. The van der Waals surface area contributed by atoms with E-state index in [1.54, 1.807) is 30.1 Å². The van der Waals surface area contributed by atoms with Gasteiger partial charge in [0, 0.05) is 12.4 Å². The molecule has 100 valence electrons. The van der Waals surface area contributed by atoms with Crippen molar-refractivity contribution in [3.8, 4) is 0 Å². The summed E-state index contributed by atoms with van der Waals surface area (Å²) in [7, 11) is 1.78. The molecule has 0 aliphatic rings. The first-order valence-electron chi connectivity index (χ1n) is 6.01. The second kappa shape index (κ2) is 5.24. The van der Waals surface area contributed by atoms with Crippen LogP contribution in [0.5, 0.6) is 0 Å². The number of benzene rings is 1. The van der Waals surface area contributed by atoms with E-state index in [1.165, 1.54) is 6.07 Å². The summed E-state index contributed by atoms with van der Waals surface area (Å²) in [5, 5.41) is 19.1. The molecule has 1 atom stereocenters. The number of hydrogen-bond acceptors (Lipinski definition) is 4. The molecular formula is C14H16N2O3. The van der Waals surface area contributed by atoms with Crippen LogP contribution in [0.25, 0.3) is 10.9 Å². The zero-order chi connectivity index (χ0) is 14.0. The number of likely N-dealkylation sites (N-methyl/N-ethyl adjacent to an activating group) is 1. The van der Waals surface area contributed by atoms with E-state index in [4.69, 9.17) is 0 Å². The summed E-state index contributed by atoms with van der Waals surface area (Å²) in [6.45, 7) is 1.82. The van der Waals surface area contributed by atoms with Crippen molar-refractivity contribution >= 4 is 22.7 Å². The summed E-state index contributed by atoms with van der Waals surface area (Å²) in [6, 6.07) is 8.54. The summed E-state index contributed by atoms with van der Waals surface area (Å²) >= 11 is 0. The largest absolute Gasteiger partial charge is 0.478 e. The van der Waals surface area contributed by atoms with E-state index >= 15 is 0 Å². The first kappa shape index (κ1) is 13.3. The minimum Gasteiger partial charge on any atom is -0.478 e. The van der Waals surface area contributed by atoms with Crippen LogP contribution in [0.2, 0.25) is 0 Å². The molecule has 1 unspecified atom stereocenters. The van der Waals surface area contributed by atoms with Gasteiger partial charge in [-0.05, 0) is 19.1 Å². The van der Waals surface area contributed by atoms with Gasteiger partial charge in [-0.3, -0.25) is 0 Å². The number of pyridine rings is 1. The number of carboxylic acids is 1. The van der Waals surface area contributed by atoms with E-state index in [2.05, 4.69) is 4.98 Å². The number of aromatic carboxylic acids is 1. The van der Waals surface area contributed by atoms with Gasteiger partial charge >= 0.3 is 5.97 Å². The molecule has 0 radical (unpaired) electrons. The molecule has 1 aromatic heterocycles. The van der Waals surface area contributed by atoms with Crippen LogP contribution in [0.3, 0.4) is 0 Å². The van der Waals surface area contributed by atoms with Gasteiger partial charge < -0.3 is 15.1 Å². The number of carboxylic acid groups (broad SMARTS) is 1. The molecule has 0 aliphatic heterocycles. The molecule has 0 aliphatic carbocycles. The number of aromatic nitrogens is 1. The van der Waals surface area contributed by atoms with Crippen molar-refractivity contribution in [1.82, 2.24) is 4.98 Å². The smallest absolute Gasteiger partial charge is 0.336 e. The fourth-order valence-electron chi connectivity index (χ4n) is 1.87. The van der Waals surface area contributed by atoms with E-state index in [-0.39, 0.29) is 18.2 Å². The summed E-state index contributed by atoms with van der Waals surface area (Å²) in [5.41, 5.74) is 0.854. The van der Waals surface area contributed by atoms with Gasteiger partial charge in [0.05, 0.1) is 23.7 Å². The Kier molecular flexibility index (Phi) is 3.66. The van der Waals surface area contributed by atoms with Crippen LogP contribution in [0, 0.1) is 0 Å². The van der Waals surface area contributed by atoms with Crippen molar-refractivity contribution in [2.45, 2.75) is 13.0 Å². The Morgan fingerprint density at radius 2 is 2.11 bits per heavy atom. The Morgan fingerprint density at radius 3 is 2.74 bits per heavy atom. The average Bonchev–Trinajstić information content (AvgIpc) is 2.44. The number of nitrogens with zero attached hydrogens (tertiary/aromatic N) is 2. The quantitative estimate of drug-likeness (QED) is 0.876. The van der Waals surface area contributed by atoms with Crippen molar-refractivity contribution in [3.63, 3.8) is 0 Å². The van der Waals surface area contributed by atoms with Crippen LogP contribution in [-0.4, -0.2) is 40.9 Å². The number of aliphatic hydroxyl groups excluding tert-OH is 1. The zero-order valence-electron chi connectivity index (χ0n) is 10.9. The molecule has 2 rings (SSSR count). The SMILES string of the molecule is CC(CO)N(C)c1cc(C(=O)O)c2ccccc2n1. The number of carbonyl (C=O) groups is 1. The molecule has 0 fully saturated rings. The topological polar surface area (TPSA) is 73.7 Å². The minimum absolute atomic E-state index is 0.0204. The van der Waals surface area contributed by atoms with Gasteiger partial charge in [0.25, 0.3) is 0 Å². The van der Waals surface area contributed by atoms with Crippen LogP contribution >= 0.6 is 0 Å². The van der Waals surface area contributed by atoms with Gasteiger partial charge in [-0.25, -0.2) is 9.78 Å².